The van der Waals surface area contributed by atoms with Gasteiger partial charge >= 0.3 is 17.9 Å². The monoisotopic (exact) mass is 945 g/mol. The van der Waals surface area contributed by atoms with E-state index >= 15 is 0 Å². The van der Waals surface area contributed by atoms with E-state index in [1.165, 1.54) is 83.5 Å². The van der Waals surface area contributed by atoms with Crippen molar-refractivity contribution in [3.63, 3.8) is 0 Å². The summed E-state index contributed by atoms with van der Waals surface area (Å²) in [5.74, 6) is -0.939. The fourth-order valence-electron chi connectivity index (χ4n) is 7.66. The van der Waals surface area contributed by atoms with Crippen LogP contribution in [0.2, 0.25) is 0 Å². The lowest BCUT2D eigenvalue weighted by molar-refractivity contribution is -0.167. The van der Waals surface area contributed by atoms with Gasteiger partial charge in [-0.1, -0.05) is 240 Å². The minimum absolute atomic E-state index is 0.0962. The van der Waals surface area contributed by atoms with Gasteiger partial charge in [-0.15, -0.1) is 0 Å². The van der Waals surface area contributed by atoms with Crippen LogP contribution in [0.5, 0.6) is 0 Å². The van der Waals surface area contributed by atoms with Gasteiger partial charge in [-0.05, 0) is 96.3 Å². The van der Waals surface area contributed by atoms with E-state index in [1.807, 2.05) is 0 Å². The molecule has 0 unspecified atom stereocenters. The van der Waals surface area contributed by atoms with Crippen LogP contribution in [0.4, 0.5) is 0 Å². The number of rotatable bonds is 50. The molecule has 0 aromatic rings. The summed E-state index contributed by atoms with van der Waals surface area (Å²) in [6.07, 6.45) is 73.9. The van der Waals surface area contributed by atoms with Gasteiger partial charge in [0, 0.05) is 19.3 Å². The Bertz CT molecular complexity index is 1360. The quantitative estimate of drug-likeness (QED) is 0.0262. The van der Waals surface area contributed by atoms with Gasteiger partial charge in [0.15, 0.2) is 6.10 Å². The molecule has 0 N–H and O–H groups in total. The van der Waals surface area contributed by atoms with Crippen LogP contribution < -0.4 is 0 Å². The summed E-state index contributed by atoms with van der Waals surface area (Å²) in [6, 6.07) is 0. The number of hydrogen-bond acceptors (Lipinski definition) is 6. The largest absolute Gasteiger partial charge is 0.462 e. The predicted molar refractivity (Wildman–Crippen MR) is 293 cm³/mol. The number of carbonyl (C=O) groups is 3. The van der Waals surface area contributed by atoms with Crippen LogP contribution in [0, 0.1) is 0 Å². The Kier molecular flexibility index (Phi) is 52.9. The molecule has 1 atom stereocenters. The van der Waals surface area contributed by atoms with Gasteiger partial charge in [0.25, 0.3) is 0 Å². The van der Waals surface area contributed by atoms with Crippen molar-refractivity contribution in [2.45, 2.75) is 264 Å². The lowest BCUT2D eigenvalue weighted by atomic mass is 10.0. The molecule has 0 aromatic heterocycles. The van der Waals surface area contributed by atoms with Crippen molar-refractivity contribution >= 4 is 17.9 Å². The Morgan fingerprint density at radius 1 is 0.309 bits per heavy atom. The molecule has 0 saturated carbocycles. The first kappa shape index (κ1) is 64.3. The molecule has 0 saturated heterocycles. The Hall–Kier alpha value is -3.67. The second-order valence-corrected chi connectivity index (χ2v) is 18.4. The molecule has 388 valence electrons. The maximum absolute atomic E-state index is 12.9. The third-order valence-electron chi connectivity index (χ3n) is 11.8. The summed E-state index contributed by atoms with van der Waals surface area (Å²) in [6.45, 7) is 6.38. The summed E-state index contributed by atoms with van der Waals surface area (Å²) < 4.78 is 16.8. The standard InChI is InChI=1S/C62H104O6/c1-4-7-10-13-16-19-22-25-28-30-31-32-35-37-40-43-46-49-52-55-61(64)67-58-59(57-66-60(63)54-51-48-45-42-39-36-33-27-24-21-18-15-12-9-6-3)68-62(65)56-53-50-47-44-41-38-34-29-26-23-20-17-14-11-8-5-2/h7,9-10,12,16,18-19,21,25,27-28,31-33,37,40,59H,4-6,8,11,13-15,17,20,22-24,26,29-30,34-36,38-39,41-58H2,1-3H3/b10-7+,12-9+,19-16+,21-18+,28-25+,32-31+,33-27+,40-37+/t59-/m1/s1. The van der Waals surface area contributed by atoms with Crippen molar-refractivity contribution < 1.29 is 28.6 Å². The minimum Gasteiger partial charge on any atom is -0.462 e. The Morgan fingerprint density at radius 2 is 0.574 bits per heavy atom. The van der Waals surface area contributed by atoms with Crippen molar-refractivity contribution in [1.82, 2.24) is 0 Å². The molecule has 6 heteroatoms. The Labute approximate surface area is 419 Å². The molecular weight excluding hydrogens is 841 g/mol. The van der Waals surface area contributed by atoms with Crippen molar-refractivity contribution in [1.29, 1.82) is 0 Å². The van der Waals surface area contributed by atoms with Gasteiger partial charge in [-0.2, -0.15) is 0 Å². The maximum Gasteiger partial charge on any atom is 0.306 e. The zero-order chi connectivity index (χ0) is 49.3. The van der Waals surface area contributed by atoms with Gasteiger partial charge in [0.2, 0.25) is 0 Å². The normalized spacial score (nSPS) is 12.8. The van der Waals surface area contributed by atoms with Crippen LogP contribution in [-0.4, -0.2) is 37.2 Å². The number of unbranched alkanes of at least 4 members (excludes halogenated alkanes) is 23. The molecule has 0 rings (SSSR count). The SMILES string of the molecule is CC/C=C/C/C=C/C/C=C/C/C=C/C/C=C/CCCCCC(=O)OC[C@@H](COC(=O)CCCCCCC/C=C/C/C=C/C/C=C/CC)OC(=O)CCCCCCCCCCCCCCCCCC. The molecular formula is C62H104O6. The fraction of sp³-hybridized carbons (Fsp3) is 0.694. The van der Waals surface area contributed by atoms with Gasteiger partial charge < -0.3 is 14.2 Å². The molecule has 0 spiro atoms. The van der Waals surface area contributed by atoms with Crippen molar-refractivity contribution in [2.75, 3.05) is 13.2 Å². The zero-order valence-electron chi connectivity index (χ0n) is 44.3. The van der Waals surface area contributed by atoms with Gasteiger partial charge in [0.05, 0.1) is 0 Å². The molecule has 0 bridgehead atoms. The van der Waals surface area contributed by atoms with Gasteiger partial charge in [-0.3, -0.25) is 14.4 Å². The highest BCUT2D eigenvalue weighted by molar-refractivity contribution is 5.71. The molecule has 0 aromatic carbocycles. The zero-order valence-corrected chi connectivity index (χ0v) is 44.3. The maximum atomic E-state index is 12.9. The summed E-state index contributed by atoms with van der Waals surface area (Å²) in [5, 5.41) is 0. The van der Waals surface area contributed by atoms with E-state index in [0.717, 1.165) is 135 Å². The van der Waals surface area contributed by atoms with Crippen LogP contribution in [-0.2, 0) is 28.6 Å². The van der Waals surface area contributed by atoms with E-state index in [1.54, 1.807) is 0 Å². The summed E-state index contributed by atoms with van der Waals surface area (Å²) in [5.41, 5.74) is 0. The Morgan fingerprint density at radius 3 is 0.912 bits per heavy atom. The minimum atomic E-state index is -0.798. The molecule has 0 aliphatic rings. The first-order chi connectivity index (χ1) is 33.5. The van der Waals surface area contributed by atoms with E-state index in [-0.39, 0.29) is 31.1 Å². The molecule has 0 heterocycles. The summed E-state index contributed by atoms with van der Waals surface area (Å²) in [7, 11) is 0. The van der Waals surface area contributed by atoms with Crippen molar-refractivity contribution in [2.24, 2.45) is 0 Å². The third kappa shape index (κ3) is 53.3. The molecule has 0 radical (unpaired) electrons. The first-order valence-corrected chi connectivity index (χ1v) is 28.2. The molecule has 6 nitrogen and oxygen atoms in total. The summed E-state index contributed by atoms with van der Waals surface area (Å²) in [4.78, 5) is 38.1. The highest BCUT2D eigenvalue weighted by Crippen LogP contribution is 2.15. The predicted octanol–water partition coefficient (Wildman–Crippen LogP) is 18.9. The van der Waals surface area contributed by atoms with Crippen LogP contribution >= 0.6 is 0 Å². The first-order valence-electron chi connectivity index (χ1n) is 28.2. The Balaban J connectivity index is 4.46. The van der Waals surface area contributed by atoms with E-state index in [2.05, 4.69) is 118 Å². The van der Waals surface area contributed by atoms with Crippen molar-refractivity contribution in [3.05, 3.63) is 97.2 Å². The van der Waals surface area contributed by atoms with Crippen LogP contribution in [0.15, 0.2) is 97.2 Å². The van der Waals surface area contributed by atoms with Crippen molar-refractivity contribution in [3.8, 4) is 0 Å². The molecule has 0 aliphatic carbocycles. The van der Waals surface area contributed by atoms with Crippen LogP contribution in [0.3, 0.4) is 0 Å². The average Bonchev–Trinajstić information content (AvgIpc) is 3.34. The fourth-order valence-corrected chi connectivity index (χ4v) is 7.66. The average molecular weight is 946 g/mol. The lowest BCUT2D eigenvalue weighted by Gasteiger charge is -2.18. The van der Waals surface area contributed by atoms with E-state index < -0.39 is 6.10 Å². The molecule has 0 amide bonds. The van der Waals surface area contributed by atoms with Crippen LogP contribution in [0.25, 0.3) is 0 Å². The highest BCUT2D eigenvalue weighted by atomic mass is 16.6. The second-order valence-electron chi connectivity index (χ2n) is 18.4. The second kappa shape index (κ2) is 55.9. The molecule has 0 fully saturated rings. The van der Waals surface area contributed by atoms with E-state index in [9.17, 15) is 14.4 Å². The number of hydrogen-bond donors (Lipinski definition) is 0. The highest BCUT2D eigenvalue weighted by Gasteiger charge is 2.19. The van der Waals surface area contributed by atoms with Crippen LogP contribution in [0.1, 0.15) is 258 Å². The lowest BCUT2D eigenvalue weighted by Crippen LogP contribution is -2.30. The molecule has 0 aliphatic heterocycles. The van der Waals surface area contributed by atoms with E-state index in [0.29, 0.717) is 19.3 Å². The molecule has 68 heavy (non-hydrogen) atoms. The third-order valence-corrected chi connectivity index (χ3v) is 11.8. The number of ether oxygens (including phenoxy) is 3. The number of esters is 3. The number of carbonyl (C=O) groups excluding carboxylic acids is 3. The van der Waals surface area contributed by atoms with E-state index in [4.69, 9.17) is 14.2 Å². The number of allylic oxidation sites excluding steroid dienone is 16. The smallest absolute Gasteiger partial charge is 0.306 e. The topological polar surface area (TPSA) is 78.9 Å². The van der Waals surface area contributed by atoms with Gasteiger partial charge in [-0.25, -0.2) is 0 Å². The van der Waals surface area contributed by atoms with Gasteiger partial charge in [0.1, 0.15) is 13.2 Å². The summed E-state index contributed by atoms with van der Waals surface area (Å²) >= 11 is 0.